The topological polar surface area (TPSA) is 109 Å². The molecule has 9 nitrogen and oxygen atoms in total. The van der Waals surface area contributed by atoms with Crippen molar-refractivity contribution in [1.29, 1.82) is 0 Å². The molecule has 1 fully saturated rings. The zero-order valence-electron chi connectivity index (χ0n) is 15.6. The lowest BCUT2D eigenvalue weighted by Crippen LogP contribution is -2.37. The number of aromatic nitrogens is 3. The van der Waals surface area contributed by atoms with Crippen LogP contribution in [0.4, 0.5) is 4.79 Å². The Hall–Kier alpha value is -3.75. The minimum atomic E-state index is -0.847. The molecule has 1 saturated heterocycles. The van der Waals surface area contributed by atoms with E-state index in [-0.39, 0.29) is 18.9 Å². The van der Waals surface area contributed by atoms with Gasteiger partial charge >= 0.3 is 6.03 Å². The second-order valence-corrected chi connectivity index (χ2v) is 6.76. The number of carbonyl (C=O) groups is 3. The van der Waals surface area contributed by atoms with Crippen molar-refractivity contribution in [1.82, 2.24) is 30.1 Å². The Balaban J connectivity index is 1.28. The number of nitrogens with zero attached hydrogens (tertiary/aromatic N) is 4. The van der Waals surface area contributed by atoms with Crippen molar-refractivity contribution >= 4 is 23.5 Å². The highest BCUT2D eigenvalue weighted by Gasteiger charge is 2.38. The Kier molecular flexibility index (Phi) is 5.19. The Morgan fingerprint density at radius 2 is 1.86 bits per heavy atom. The molecule has 0 saturated carbocycles. The predicted molar refractivity (Wildman–Crippen MR) is 104 cm³/mol. The predicted octanol–water partition coefficient (Wildman–Crippen LogP) is 0.899. The standard InChI is InChI=1S/C20H20N6O3/c27-18(21-10-9-17-24-23-16-8-4-5-11-25(16)17)12-15-19(28)26(20(29)22-15)13-14-6-2-1-3-7-14/h1-8,11,15H,9-10,12-13H2,(H,21,27)(H,22,29). The molecular formula is C20H20N6O3. The smallest absolute Gasteiger partial charge is 0.325 e. The van der Waals surface area contributed by atoms with Crippen LogP contribution in [0.25, 0.3) is 5.65 Å². The fourth-order valence-electron chi connectivity index (χ4n) is 3.26. The van der Waals surface area contributed by atoms with Crippen LogP contribution in [0.3, 0.4) is 0 Å². The van der Waals surface area contributed by atoms with Gasteiger partial charge in [-0.3, -0.25) is 18.9 Å². The summed E-state index contributed by atoms with van der Waals surface area (Å²) in [5.41, 5.74) is 1.59. The van der Waals surface area contributed by atoms with Gasteiger partial charge in [0, 0.05) is 19.2 Å². The molecule has 2 aromatic heterocycles. The lowest BCUT2D eigenvalue weighted by molar-refractivity contribution is -0.131. The summed E-state index contributed by atoms with van der Waals surface area (Å²) in [5, 5.41) is 13.5. The lowest BCUT2D eigenvalue weighted by Gasteiger charge is -2.13. The van der Waals surface area contributed by atoms with Gasteiger partial charge in [-0.1, -0.05) is 36.4 Å². The monoisotopic (exact) mass is 392 g/mol. The largest absolute Gasteiger partial charge is 0.356 e. The highest BCUT2D eigenvalue weighted by atomic mass is 16.2. The van der Waals surface area contributed by atoms with Gasteiger partial charge in [-0.25, -0.2) is 4.79 Å². The molecule has 3 aromatic rings. The van der Waals surface area contributed by atoms with E-state index in [4.69, 9.17) is 0 Å². The van der Waals surface area contributed by atoms with E-state index in [1.165, 1.54) is 0 Å². The van der Waals surface area contributed by atoms with Gasteiger partial charge in [0.15, 0.2) is 5.65 Å². The van der Waals surface area contributed by atoms with Crippen molar-refractivity contribution in [3.63, 3.8) is 0 Å². The first-order valence-electron chi connectivity index (χ1n) is 9.33. The number of urea groups is 1. The molecule has 2 N–H and O–H groups in total. The third kappa shape index (κ3) is 4.08. The normalized spacial score (nSPS) is 16.3. The molecule has 1 aliphatic heterocycles. The second kappa shape index (κ2) is 8.09. The summed E-state index contributed by atoms with van der Waals surface area (Å²) in [7, 11) is 0. The summed E-state index contributed by atoms with van der Waals surface area (Å²) in [6.45, 7) is 0.542. The van der Waals surface area contributed by atoms with E-state index < -0.39 is 18.0 Å². The highest BCUT2D eigenvalue weighted by molar-refractivity contribution is 6.05. The van der Waals surface area contributed by atoms with E-state index in [0.717, 1.165) is 21.9 Å². The maximum absolute atomic E-state index is 12.5. The van der Waals surface area contributed by atoms with Gasteiger partial charge in [-0.15, -0.1) is 10.2 Å². The quantitative estimate of drug-likeness (QED) is 0.581. The van der Waals surface area contributed by atoms with Crippen LogP contribution < -0.4 is 10.6 Å². The number of pyridine rings is 1. The number of carbonyl (C=O) groups excluding carboxylic acids is 3. The lowest BCUT2D eigenvalue weighted by atomic mass is 10.1. The van der Waals surface area contributed by atoms with Crippen LogP contribution in [0.15, 0.2) is 54.7 Å². The van der Waals surface area contributed by atoms with Gasteiger partial charge in [0.1, 0.15) is 11.9 Å². The first kappa shape index (κ1) is 18.6. The van der Waals surface area contributed by atoms with Crippen molar-refractivity contribution in [2.24, 2.45) is 0 Å². The number of imide groups is 1. The molecule has 148 valence electrons. The number of amides is 4. The fraction of sp³-hybridized carbons (Fsp3) is 0.250. The number of hydrogen-bond acceptors (Lipinski definition) is 5. The van der Waals surface area contributed by atoms with E-state index in [9.17, 15) is 14.4 Å². The zero-order chi connectivity index (χ0) is 20.2. The van der Waals surface area contributed by atoms with Crippen molar-refractivity contribution in [3.05, 3.63) is 66.1 Å². The van der Waals surface area contributed by atoms with Crippen molar-refractivity contribution < 1.29 is 14.4 Å². The van der Waals surface area contributed by atoms with E-state index in [1.54, 1.807) is 0 Å². The maximum Gasteiger partial charge on any atom is 0.325 e. The van der Waals surface area contributed by atoms with Crippen LogP contribution in [0.2, 0.25) is 0 Å². The molecule has 0 aliphatic carbocycles. The average molecular weight is 392 g/mol. The van der Waals surface area contributed by atoms with Crippen LogP contribution in [0.5, 0.6) is 0 Å². The van der Waals surface area contributed by atoms with E-state index in [0.29, 0.717) is 13.0 Å². The minimum absolute atomic E-state index is 0.101. The number of fused-ring (bicyclic) bond motifs is 1. The molecule has 9 heteroatoms. The third-order valence-electron chi connectivity index (χ3n) is 4.74. The molecule has 1 aliphatic rings. The molecule has 1 aromatic carbocycles. The molecule has 4 rings (SSSR count). The van der Waals surface area contributed by atoms with E-state index >= 15 is 0 Å². The molecule has 3 heterocycles. The Morgan fingerprint density at radius 1 is 1.07 bits per heavy atom. The SMILES string of the molecule is O=C(CC1NC(=O)N(Cc2ccccc2)C1=O)NCCc1nnc2ccccn12. The summed E-state index contributed by atoms with van der Waals surface area (Å²) < 4.78 is 1.86. The Morgan fingerprint density at radius 3 is 2.69 bits per heavy atom. The number of hydrogen-bond donors (Lipinski definition) is 2. The van der Waals surface area contributed by atoms with Crippen LogP contribution in [0, 0.1) is 0 Å². The van der Waals surface area contributed by atoms with E-state index in [2.05, 4.69) is 20.8 Å². The van der Waals surface area contributed by atoms with Crippen LogP contribution in [-0.4, -0.2) is 49.9 Å². The summed E-state index contributed by atoms with van der Waals surface area (Å²) in [6, 6.07) is 13.5. The van der Waals surface area contributed by atoms with Crippen molar-refractivity contribution in [2.45, 2.75) is 25.4 Å². The molecule has 0 spiro atoms. The van der Waals surface area contributed by atoms with Gasteiger partial charge in [0.25, 0.3) is 5.91 Å². The Labute approximate surface area is 166 Å². The van der Waals surface area contributed by atoms with Gasteiger partial charge in [0.05, 0.1) is 13.0 Å². The number of benzene rings is 1. The van der Waals surface area contributed by atoms with Crippen LogP contribution in [-0.2, 0) is 22.6 Å². The van der Waals surface area contributed by atoms with E-state index in [1.807, 2.05) is 59.1 Å². The number of nitrogens with one attached hydrogen (secondary N) is 2. The number of rotatable bonds is 7. The third-order valence-corrected chi connectivity index (χ3v) is 4.74. The highest BCUT2D eigenvalue weighted by Crippen LogP contribution is 2.14. The van der Waals surface area contributed by atoms with Crippen molar-refractivity contribution in [2.75, 3.05) is 6.54 Å². The maximum atomic E-state index is 12.5. The first-order valence-corrected chi connectivity index (χ1v) is 9.33. The van der Waals surface area contributed by atoms with Gasteiger partial charge in [-0.05, 0) is 17.7 Å². The summed E-state index contributed by atoms with van der Waals surface area (Å²) in [6.07, 6.45) is 2.26. The zero-order valence-corrected chi connectivity index (χ0v) is 15.6. The molecule has 4 amide bonds. The second-order valence-electron chi connectivity index (χ2n) is 6.76. The van der Waals surface area contributed by atoms with Crippen LogP contribution in [0.1, 0.15) is 17.8 Å². The van der Waals surface area contributed by atoms with Gasteiger partial charge < -0.3 is 10.6 Å². The fourth-order valence-corrected chi connectivity index (χ4v) is 3.26. The van der Waals surface area contributed by atoms with Gasteiger partial charge in [-0.2, -0.15) is 0 Å². The molecule has 29 heavy (non-hydrogen) atoms. The molecule has 0 radical (unpaired) electrons. The summed E-state index contributed by atoms with van der Waals surface area (Å²) in [4.78, 5) is 38.0. The summed E-state index contributed by atoms with van der Waals surface area (Å²) in [5.74, 6) is 0.0386. The molecule has 1 atom stereocenters. The van der Waals surface area contributed by atoms with Crippen molar-refractivity contribution in [3.8, 4) is 0 Å². The molecular weight excluding hydrogens is 372 g/mol. The molecule has 1 unspecified atom stereocenters. The Bertz CT molecular complexity index is 1050. The minimum Gasteiger partial charge on any atom is -0.356 e. The molecule has 0 bridgehead atoms. The average Bonchev–Trinajstić information content (AvgIpc) is 3.25. The van der Waals surface area contributed by atoms with Gasteiger partial charge in [0.2, 0.25) is 5.91 Å². The first-order chi connectivity index (χ1) is 14.1. The van der Waals surface area contributed by atoms with Crippen LogP contribution >= 0.6 is 0 Å². The summed E-state index contributed by atoms with van der Waals surface area (Å²) >= 11 is 0.